The minimum atomic E-state index is 0.672. The number of rotatable bonds is 4. The molecule has 96 valence electrons. The molecule has 0 aliphatic rings. The monoisotopic (exact) mass is 254 g/mol. The Morgan fingerprint density at radius 1 is 1.26 bits per heavy atom. The molecule has 6 nitrogen and oxygen atoms in total. The third kappa shape index (κ3) is 2.30. The number of nitrogens with zero attached hydrogens (tertiary/aromatic N) is 5. The van der Waals surface area contributed by atoms with Gasteiger partial charge in [-0.15, -0.1) is 0 Å². The fourth-order valence-corrected chi connectivity index (χ4v) is 2.04. The lowest BCUT2D eigenvalue weighted by Gasteiger charge is -2.07. The highest BCUT2D eigenvalue weighted by atomic mass is 15.3. The molecule has 0 unspecified atom stereocenters. The molecule has 3 rings (SSSR count). The maximum Gasteiger partial charge on any atom is 0.159 e. The Kier molecular flexibility index (Phi) is 3.16. The van der Waals surface area contributed by atoms with E-state index in [4.69, 9.17) is 5.73 Å². The molecule has 0 bridgehead atoms. The summed E-state index contributed by atoms with van der Waals surface area (Å²) in [4.78, 5) is 12.8. The van der Waals surface area contributed by atoms with Crippen LogP contribution in [0.25, 0.3) is 16.9 Å². The van der Waals surface area contributed by atoms with Crippen LogP contribution < -0.4 is 5.73 Å². The van der Waals surface area contributed by atoms with Crippen LogP contribution >= 0.6 is 0 Å². The molecule has 0 radical (unpaired) electrons. The largest absolute Gasteiger partial charge is 0.330 e. The smallest absolute Gasteiger partial charge is 0.159 e. The van der Waals surface area contributed by atoms with E-state index in [9.17, 15) is 0 Å². The summed E-state index contributed by atoms with van der Waals surface area (Å²) in [5, 5.41) is 4.04. The van der Waals surface area contributed by atoms with Crippen LogP contribution in [-0.2, 0) is 6.42 Å². The summed E-state index contributed by atoms with van der Waals surface area (Å²) in [7, 11) is 0. The predicted octanol–water partition coefficient (Wildman–Crippen LogP) is 1.08. The second kappa shape index (κ2) is 5.11. The summed E-state index contributed by atoms with van der Waals surface area (Å²) in [5.74, 6) is 0. The SMILES string of the molecule is NCCCc1cnccc1-c1cc2ncnn2cn1. The number of hydrogen-bond donors (Lipinski definition) is 1. The molecule has 0 saturated heterocycles. The molecule has 0 aliphatic carbocycles. The van der Waals surface area contributed by atoms with Crippen molar-refractivity contribution in [2.45, 2.75) is 12.8 Å². The summed E-state index contributed by atoms with van der Waals surface area (Å²) in [6.07, 6.45) is 8.68. The number of hydrogen-bond acceptors (Lipinski definition) is 5. The second-order valence-corrected chi connectivity index (χ2v) is 4.26. The zero-order chi connectivity index (χ0) is 13.1. The molecule has 0 atom stereocenters. The van der Waals surface area contributed by atoms with Crippen LogP contribution in [0.5, 0.6) is 0 Å². The van der Waals surface area contributed by atoms with Gasteiger partial charge in [0.2, 0.25) is 0 Å². The molecule has 2 N–H and O–H groups in total. The Morgan fingerprint density at radius 2 is 2.21 bits per heavy atom. The van der Waals surface area contributed by atoms with E-state index in [1.54, 1.807) is 17.0 Å². The normalized spacial score (nSPS) is 11.0. The Labute approximate surface area is 110 Å². The van der Waals surface area contributed by atoms with Crippen molar-refractivity contribution in [2.75, 3.05) is 6.54 Å². The van der Waals surface area contributed by atoms with Gasteiger partial charge in [0.15, 0.2) is 5.65 Å². The minimum Gasteiger partial charge on any atom is -0.330 e. The van der Waals surface area contributed by atoms with Crippen molar-refractivity contribution in [3.8, 4) is 11.3 Å². The lowest BCUT2D eigenvalue weighted by Crippen LogP contribution is -2.02. The number of fused-ring (bicyclic) bond motifs is 1. The van der Waals surface area contributed by atoms with Gasteiger partial charge in [0.25, 0.3) is 0 Å². The molecule has 3 aromatic heterocycles. The van der Waals surface area contributed by atoms with E-state index in [1.165, 1.54) is 6.33 Å². The van der Waals surface area contributed by atoms with E-state index in [-0.39, 0.29) is 0 Å². The molecule has 0 amide bonds. The van der Waals surface area contributed by atoms with Crippen molar-refractivity contribution in [3.05, 3.63) is 42.7 Å². The van der Waals surface area contributed by atoms with E-state index >= 15 is 0 Å². The maximum atomic E-state index is 5.57. The lowest BCUT2D eigenvalue weighted by atomic mass is 10.0. The van der Waals surface area contributed by atoms with Crippen molar-refractivity contribution >= 4 is 5.65 Å². The van der Waals surface area contributed by atoms with E-state index in [0.29, 0.717) is 6.54 Å². The van der Waals surface area contributed by atoms with Crippen LogP contribution in [-0.4, -0.2) is 31.1 Å². The van der Waals surface area contributed by atoms with Crippen molar-refractivity contribution < 1.29 is 0 Å². The van der Waals surface area contributed by atoms with Gasteiger partial charge in [0, 0.05) is 24.0 Å². The van der Waals surface area contributed by atoms with Gasteiger partial charge in [-0.2, -0.15) is 5.10 Å². The second-order valence-electron chi connectivity index (χ2n) is 4.26. The topological polar surface area (TPSA) is 82.0 Å². The summed E-state index contributed by atoms with van der Waals surface area (Å²) < 4.78 is 1.64. The Hall–Kier alpha value is -2.34. The summed E-state index contributed by atoms with van der Waals surface area (Å²) >= 11 is 0. The van der Waals surface area contributed by atoms with E-state index in [2.05, 4.69) is 20.1 Å². The van der Waals surface area contributed by atoms with Crippen LogP contribution in [0.2, 0.25) is 0 Å². The first kappa shape index (κ1) is 11.7. The van der Waals surface area contributed by atoms with Crippen LogP contribution in [0.3, 0.4) is 0 Å². The lowest BCUT2D eigenvalue weighted by molar-refractivity contribution is 0.829. The van der Waals surface area contributed by atoms with Crippen LogP contribution in [0.15, 0.2) is 37.2 Å². The highest BCUT2D eigenvalue weighted by Gasteiger charge is 2.07. The molecule has 0 aromatic carbocycles. The number of aromatic nitrogens is 5. The molecule has 0 saturated carbocycles. The van der Waals surface area contributed by atoms with Crippen molar-refractivity contribution in [1.82, 2.24) is 24.6 Å². The van der Waals surface area contributed by atoms with Crippen molar-refractivity contribution in [1.29, 1.82) is 0 Å². The molecule has 3 heterocycles. The first-order valence-electron chi connectivity index (χ1n) is 6.17. The molecular formula is C13H14N6. The van der Waals surface area contributed by atoms with Gasteiger partial charge in [-0.3, -0.25) is 4.98 Å². The average Bonchev–Trinajstić information content (AvgIpc) is 2.92. The summed E-state index contributed by atoms with van der Waals surface area (Å²) in [6, 6.07) is 3.90. The Morgan fingerprint density at radius 3 is 3.11 bits per heavy atom. The van der Waals surface area contributed by atoms with E-state index < -0.39 is 0 Å². The molecule has 3 aromatic rings. The zero-order valence-electron chi connectivity index (χ0n) is 10.4. The minimum absolute atomic E-state index is 0.672. The quantitative estimate of drug-likeness (QED) is 0.753. The molecule has 0 spiro atoms. The van der Waals surface area contributed by atoms with Gasteiger partial charge in [-0.25, -0.2) is 14.5 Å². The Bertz CT molecular complexity index is 690. The highest BCUT2D eigenvalue weighted by molar-refractivity contribution is 5.65. The summed E-state index contributed by atoms with van der Waals surface area (Å²) in [6.45, 7) is 0.672. The van der Waals surface area contributed by atoms with E-state index in [0.717, 1.165) is 35.3 Å². The fraction of sp³-hybridized carbons (Fsp3) is 0.231. The highest BCUT2D eigenvalue weighted by Crippen LogP contribution is 2.22. The molecule has 0 aliphatic heterocycles. The van der Waals surface area contributed by atoms with Crippen LogP contribution in [0, 0.1) is 0 Å². The van der Waals surface area contributed by atoms with Crippen molar-refractivity contribution in [2.24, 2.45) is 5.73 Å². The molecule has 0 fully saturated rings. The molecule has 6 heteroatoms. The molecule has 19 heavy (non-hydrogen) atoms. The zero-order valence-corrected chi connectivity index (χ0v) is 10.4. The van der Waals surface area contributed by atoms with Crippen molar-refractivity contribution in [3.63, 3.8) is 0 Å². The van der Waals surface area contributed by atoms with E-state index in [1.807, 2.05) is 18.3 Å². The van der Waals surface area contributed by atoms with Crippen LogP contribution in [0.1, 0.15) is 12.0 Å². The maximum absolute atomic E-state index is 5.57. The number of nitrogens with two attached hydrogens (primary N) is 1. The van der Waals surface area contributed by atoms with Gasteiger partial charge in [0.05, 0.1) is 5.69 Å². The van der Waals surface area contributed by atoms with Gasteiger partial charge in [-0.05, 0) is 31.0 Å². The standard InChI is InChI=1S/C13H14N6/c14-4-1-2-10-7-15-5-3-11(10)12-6-13-16-8-18-19(13)9-17-12/h3,5-9H,1-2,4,14H2. The van der Waals surface area contributed by atoms with Gasteiger partial charge < -0.3 is 5.73 Å². The molecular weight excluding hydrogens is 240 g/mol. The first-order chi connectivity index (χ1) is 9.38. The average molecular weight is 254 g/mol. The third-order valence-electron chi connectivity index (χ3n) is 3.00. The Balaban J connectivity index is 2.04. The van der Waals surface area contributed by atoms with Gasteiger partial charge in [0.1, 0.15) is 12.7 Å². The first-order valence-corrected chi connectivity index (χ1v) is 6.17. The van der Waals surface area contributed by atoms with Crippen LogP contribution in [0.4, 0.5) is 0 Å². The summed E-state index contributed by atoms with van der Waals surface area (Å²) in [5.41, 5.74) is 9.47. The van der Waals surface area contributed by atoms with Gasteiger partial charge in [-0.1, -0.05) is 0 Å². The van der Waals surface area contributed by atoms with Gasteiger partial charge >= 0.3 is 0 Å². The number of aryl methyl sites for hydroxylation is 1. The number of pyridine rings is 1. The third-order valence-corrected chi connectivity index (χ3v) is 3.00. The predicted molar refractivity (Wildman–Crippen MR) is 71.4 cm³/mol. The fourth-order valence-electron chi connectivity index (χ4n) is 2.04.